The summed E-state index contributed by atoms with van der Waals surface area (Å²) in [5.41, 5.74) is 2.18. The number of rotatable bonds is 2. The van der Waals surface area contributed by atoms with Gasteiger partial charge in [0.1, 0.15) is 0 Å². The molecule has 0 N–H and O–H groups in total. The standard InChI is InChI=1S/C15H19N/c1-2-15-9-11-8-13(15)14(15)16(10-11)12-6-4-3-5-7-12/h3-7,11,13-14H,2,8-10H2,1H3. The van der Waals surface area contributed by atoms with Crippen LogP contribution >= 0.6 is 0 Å². The predicted octanol–water partition coefficient (Wildman–Crippen LogP) is 3.31. The number of piperidine rings is 2. The Hall–Kier alpha value is -0.980. The lowest BCUT2D eigenvalue weighted by molar-refractivity contribution is 0.325. The Morgan fingerprint density at radius 2 is 2.12 bits per heavy atom. The zero-order valence-electron chi connectivity index (χ0n) is 9.89. The Kier molecular flexibility index (Phi) is 1.60. The second-order valence-electron chi connectivity index (χ2n) is 5.93. The Labute approximate surface area is 97.5 Å². The van der Waals surface area contributed by atoms with Crippen molar-refractivity contribution in [1.29, 1.82) is 0 Å². The fourth-order valence-corrected chi connectivity index (χ4v) is 4.73. The first-order valence-electron chi connectivity index (χ1n) is 6.67. The van der Waals surface area contributed by atoms with Gasteiger partial charge in [-0.05, 0) is 48.6 Å². The summed E-state index contributed by atoms with van der Waals surface area (Å²) in [5, 5.41) is 0. The molecule has 0 spiro atoms. The van der Waals surface area contributed by atoms with Crippen LogP contribution in [0.4, 0.5) is 5.69 Å². The maximum absolute atomic E-state index is 2.70. The average molecular weight is 213 g/mol. The zero-order valence-corrected chi connectivity index (χ0v) is 9.89. The summed E-state index contributed by atoms with van der Waals surface area (Å²) in [7, 11) is 0. The second kappa shape index (κ2) is 2.82. The van der Waals surface area contributed by atoms with Crippen LogP contribution in [0.25, 0.3) is 0 Å². The van der Waals surface area contributed by atoms with Gasteiger partial charge in [0, 0.05) is 18.3 Å². The molecule has 1 aromatic carbocycles. The second-order valence-corrected chi connectivity index (χ2v) is 5.93. The van der Waals surface area contributed by atoms with Gasteiger partial charge in [-0.3, -0.25) is 0 Å². The third-order valence-corrected chi connectivity index (χ3v) is 5.39. The van der Waals surface area contributed by atoms with E-state index in [2.05, 4.69) is 42.2 Å². The van der Waals surface area contributed by atoms with Crippen molar-refractivity contribution < 1.29 is 0 Å². The van der Waals surface area contributed by atoms with Gasteiger partial charge in [0.25, 0.3) is 0 Å². The van der Waals surface area contributed by atoms with Crippen molar-refractivity contribution in [2.45, 2.75) is 32.2 Å². The van der Waals surface area contributed by atoms with Crippen molar-refractivity contribution in [3.05, 3.63) is 30.3 Å². The van der Waals surface area contributed by atoms with Crippen molar-refractivity contribution in [2.24, 2.45) is 17.3 Å². The van der Waals surface area contributed by atoms with Gasteiger partial charge in [0.15, 0.2) is 0 Å². The lowest BCUT2D eigenvalue weighted by atomic mass is 9.88. The molecule has 4 atom stereocenters. The van der Waals surface area contributed by atoms with Crippen molar-refractivity contribution in [3.63, 3.8) is 0 Å². The Bertz CT molecular complexity index is 413. The molecule has 2 saturated heterocycles. The molecule has 2 heterocycles. The molecular formula is C15H19N. The summed E-state index contributed by atoms with van der Waals surface area (Å²) in [6, 6.07) is 11.9. The number of anilines is 1. The average Bonchev–Trinajstić information content (AvgIpc) is 2.88. The molecule has 0 aromatic heterocycles. The summed E-state index contributed by atoms with van der Waals surface area (Å²) in [6.07, 6.45) is 4.42. The number of fused-ring (bicyclic) bond motifs is 1. The van der Waals surface area contributed by atoms with E-state index >= 15 is 0 Å². The Morgan fingerprint density at radius 3 is 2.81 bits per heavy atom. The van der Waals surface area contributed by atoms with Gasteiger partial charge in [-0.15, -0.1) is 0 Å². The highest BCUT2D eigenvalue weighted by atomic mass is 15.3. The molecule has 0 radical (unpaired) electrons. The maximum Gasteiger partial charge on any atom is 0.0384 e. The Balaban J connectivity index is 1.69. The molecule has 2 aliphatic heterocycles. The largest absolute Gasteiger partial charge is 0.367 e. The third kappa shape index (κ3) is 0.928. The van der Waals surface area contributed by atoms with E-state index in [-0.39, 0.29) is 0 Å². The summed E-state index contributed by atoms with van der Waals surface area (Å²) in [5.74, 6) is 2.01. The van der Waals surface area contributed by atoms with Crippen LogP contribution in [0, 0.1) is 17.3 Å². The molecule has 2 saturated carbocycles. The van der Waals surface area contributed by atoms with Crippen molar-refractivity contribution in [2.75, 3.05) is 11.4 Å². The maximum atomic E-state index is 2.70. The van der Waals surface area contributed by atoms with Gasteiger partial charge in [-0.2, -0.15) is 0 Å². The lowest BCUT2D eigenvalue weighted by Gasteiger charge is -2.38. The van der Waals surface area contributed by atoms with Crippen LogP contribution in [0.5, 0.6) is 0 Å². The topological polar surface area (TPSA) is 3.24 Å². The minimum Gasteiger partial charge on any atom is -0.367 e. The summed E-state index contributed by atoms with van der Waals surface area (Å²) in [6.45, 7) is 3.71. The van der Waals surface area contributed by atoms with E-state index in [9.17, 15) is 0 Å². The van der Waals surface area contributed by atoms with Crippen LogP contribution in [0.15, 0.2) is 30.3 Å². The summed E-state index contributed by atoms with van der Waals surface area (Å²) >= 11 is 0. The van der Waals surface area contributed by atoms with Crippen LogP contribution in [0.2, 0.25) is 0 Å². The minimum absolute atomic E-state index is 0.721. The summed E-state index contributed by atoms with van der Waals surface area (Å²) in [4.78, 5) is 2.70. The molecule has 84 valence electrons. The van der Waals surface area contributed by atoms with Crippen LogP contribution in [0.3, 0.4) is 0 Å². The van der Waals surface area contributed by atoms with Crippen molar-refractivity contribution in [3.8, 4) is 0 Å². The molecule has 1 nitrogen and oxygen atoms in total. The number of para-hydroxylation sites is 1. The van der Waals surface area contributed by atoms with Gasteiger partial charge in [0.2, 0.25) is 0 Å². The number of hydrogen-bond acceptors (Lipinski definition) is 1. The normalized spacial score (nSPS) is 43.6. The van der Waals surface area contributed by atoms with Gasteiger partial charge in [0.05, 0.1) is 0 Å². The number of nitrogens with zero attached hydrogens (tertiary/aromatic N) is 1. The van der Waals surface area contributed by atoms with E-state index in [0.29, 0.717) is 0 Å². The van der Waals surface area contributed by atoms with E-state index in [4.69, 9.17) is 0 Å². The van der Waals surface area contributed by atoms with Crippen LogP contribution < -0.4 is 4.90 Å². The quantitative estimate of drug-likeness (QED) is 0.728. The van der Waals surface area contributed by atoms with Crippen LogP contribution in [-0.4, -0.2) is 12.6 Å². The highest BCUT2D eigenvalue weighted by Gasteiger charge is 2.72. The van der Waals surface area contributed by atoms with Gasteiger partial charge in [-0.25, -0.2) is 0 Å². The van der Waals surface area contributed by atoms with Crippen LogP contribution in [0.1, 0.15) is 26.2 Å². The molecule has 1 heteroatoms. The van der Waals surface area contributed by atoms with E-state index in [1.54, 1.807) is 0 Å². The van der Waals surface area contributed by atoms with E-state index in [1.165, 1.54) is 31.5 Å². The molecule has 1 aromatic rings. The molecule has 4 bridgehead atoms. The highest BCUT2D eigenvalue weighted by molar-refractivity contribution is 5.53. The van der Waals surface area contributed by atoms with Gasteiger partial charge < -0.3 is 4.90 Å². The monoisotopic (exact) mass is 213 g/mol. The third-order valence-electron chi connectivity index (χ3n) is 5.39. The van der Waals surface area contributed by atoms with E-state index < -0.39 is 0 Å². The molecule has 5 rings (SSSR count). The highest BCUT2D eigenvalue weighted by Crippen LogP contribution is 2.72. The SMILES string of the molecule is CCC12CC3CC1C2N(c1ccccc1)C3. The van der Waals surface area contributed by atoms with E-state index in [1.807, 2.05) is 0 Å². The first-order chi connectivity index (χ1) is 7.85. The number of benzene rings is 1. The van der Waals surface area contributed by atoms with Crippen molar-refractivity contribution >= 4 is 5.69 Å². The fraction of sp³-hybridized carbons (Fsp3) is 0.600. The smallest absolute Gasteiger partial charge is 0.0384 e. The van der Waals surface area contributed by atoms with Crippen molar-refractivity contribution in [1.82, 2.24) is 0 Å². The Morgan fingerprint density at radius 1 is 1.31 bits per heavy atom. The van der Waals surface area contributed by atoms with Crippen LogP contribution in [-0.2, 0) is 0 Å². The molecule has 16 heavy (non-hydrogen) atoms. The molecule has 4 fully saturated rings. The first kappa shape index (κ1) is 9.09. The molecular weight excluding hydrogens is 194 g/mol. The van der Waals surface area contributed by atoms with E-state index in [0.717, 1.165) is 23.3 Å². The molecule has 4 aliphatic rings. The fourth-order valence-electron chi connectivity index (χ4n) is 4.73. The van der Waals surface area contributed by atoms with Gasteiger partial charge >= 0.3 is 0 Å². The zero-order chi connectivity index (χ0) is 10.8. The molecule has 0 amide bonds. The van der Waals surface area contributed by atoms with Gasteiger partial charge in [-0.1, -0.05) is 25.1 Å². The summed E-state index contributed by atoms with van der Waals surface area (Å²) < 4.78 is 0. The molecule has 4 unspecified atom stereocenters. The first-order valence-corrected chi connectivity index (χ1v) is 6.67. The minimum atomic E-state index is 0.721. The molecule has 2 aliphatic carbocycles. The number of hydrogen-bond donors (Lipinski definition) is 0. The lowest BCUT2D eigenvalue weighted by Crippen LogP contribution is -2.42. The predicted molar refractivity (Wildman–Crippen MR) is 66.5 cm³/mol.